The average molecular weight is 533 g/mol. The molecule has 0 spiro atoms. The summed E-state index contributed by atoms with van der Waals surface area (Å²) in [4.78, 5) is 10.9. The average Bonchev–Trinajstić information content (AvgIpc) is 2.99. The Morgan fingerprint density at radius 2 is 1.96 bits per heavy atom. The van der Waals surface area contributed by atoms with E-state index in [1.807, 2.05) is 18.7 Å². The molecule has 2 aromatic heterocycles. The van der Waals surface area contributed by atoms with E-state index in [0.717, 1.165) is 5.56 Å². The summed E-state index contributed by atoms with van der Waals surface area (Å²) in [6.07, 6.45) is 1.57. The molecular weight excluding hydrogens is 515 g/mol. The molecule has 1 atom stereocenters. The molecule has 3 heterocycles. The zero-order valence-electron chi connectivity index (χ0n) is 15.3. The molecule has 0 amide bonds. The molecule has 10 heteroatoms. The summed E-state index contributed by atoms with van der Waals surface area (Å²) >= 11 is 8.25. The second kappa shape index (κ2) is 7.43. The molecule has 1 aliphatic heterocycles. The molecule has 4 rings (SSSR count). The van der Waals surface area contributed by atoms with Crippen molar-refractivity contribution in [1.29, 1.82) is 0 Å². The fourth-order valence-corrected chi connectivity index (χ4v) is 5.64. The molecule has 1 fully saturated rings. The van der Waals surface area contributed by atoms with Gasteiger partial charge in [0, 0.05) is 12.7 Å². The van der Waals surface area contributed by atoms with Crippen molar-refractivity contribution in [3.63, 3.8) is 0 Å². The topological polar surface area (TPSA) is 77.3 Å². The number of hydrogen-bond acceptors (Lipinski definition) is 6. The number of ether oxygens (including phenoxy) is 1. The number of rotatable bonds is 3. The third kappa shape index (κ3) is 3.38. The molecule has 0 unspecified atom stereocenters. The van der Waals surface area contributed by atoms with E-state index in [9.17, 15) is 8.42 Å². The number of aryl methyl sites for hydroxylation is 1. The van der Waals surface area contributed by atoms with Gasteiger partial charge in [-0.2, -0.15) is 4.98 Å². The van der Waals surface area contributed by atoms with Crippen LogP contribution in [0.15, 0.2) is 35.4 Å². The number of nitrogens with zero attached hydrogens (tertiary/aromatic N) is 4. The molecule has 1 aliphatic rings. The van der Waals surface area contributed by atoms with E-state index in [0.29, 0.717) is 40.2 Å². The van der Waals surface area contributed by atoms with E-state index in [2.05, 4.69) is 32.6 Å². The molecule has 1 saturated heterocycles. The number of fused-ring (bicyclic) bond motifs is 1. The molecule has 0 saturated carbocycles. The fourth-order valence-electron chi connectivity index (χ4n) is 3.27. The van der Waals surface area contributed by atoms with Crippen molar-refractivity contribution in [3.05, 3.63) is 44.9 Å². The van der Waals surface area contributed by atoms with Crippen LogP contribution in [0.25, 0.3) is 11.0 Å². The molecule has 0 bridgehead atoms. The number of hydrogen-bond donors (Lipinski definition) is 0. The van der Waals surface area contributed by atoms with Crippen LogP contribution >= 0.6 is 34.2 Å². The van der Waals surface area contributed by atoms with Gasteiger partial charge >= 0.3 is 0 Å². The van der Waals surface area contributed by atoms with E-state index < -0.39 is 10.0 Å². The van der Waals surface area contributed by atoms with Crippen molar-refractivity contribution in [2.75, 3.05) is 24.7 Å². The van der Waals surface area contributed by atoms with Gasteiger partial charge in [0.05, 0.1) is 27.7 Å². The largest absolute Gasteiger partial charge is 0.377 e. The van der Waals surface area contributed by atoms with Crippen molar-refractivity contribution in [1.82, 2.24) is 13.9 Å². The number of halogens is 2. The van der Waals surface area contributed by atoms with Crippen molar-refractivity contribution in [3.8, 4) is 0 Å². The van der Waals surface area contributed by atoms with Gasteiger partial charge in [0.25, 0.3) is 10.0 Å². The van der Waals surface area contributed by atoms with Gasteiger partial charge in [-0.1, -0.05) is 17.7 Å². The summed E-state index contributed by atoms with van der Waals surface area (Å²) in [5.41, 5.74) is 1.94. The van der Waals surface area contributed by atoms with Gasteiger partial charge in [0.15, 0.2) is 5.82 Å². The Balaban J connectivity index is 1.98. The lowest BCUT2D eigenvalue weighted by Crippen LogP contribution is -2.44. The van der Waals surface area contributed by atoms with Gasteiger partial charge in [0.2, 0.25) is 5.28 Å². The lowest BCUT2D eigenvalue weighted by atomic mass is 10.2. The third-order valence-electron chi connectivity index (χ3n) is 4.73. The zero-order chi connectivity index (χ0) is 20.1. The Hall–Kier alpha value is -1.43. The van der Waals surface area contributed by atoms with Gasteiger partial charge in [-0.3, -0.25) is 0 Å². The molecule has 0 aliphatic carbocycles. The molecule has 148 valence electrons. The Labute approximate surface area is 181 Å². The quantitative estimate of drug-likeness (QED) is 0.380. The van der Waals surface area contributed by atoms with Crippen LogP contribution in [0, 0.1) is 10.5 Å². The normalized spacial score (nSPS) is 18.0. The van der Waals surface area contributed by atoms with Crippen LogP contribution in [0.2, 0.25) is 5.28 Å². The summed E-state index contributed by atoms with van der Waals surface area (Å²) < 4.78 is 34.3. The first-order valence-corrected chi connectivity index (χ1v) is 11.6. The minimum Gasteiger partial charge on any atom is -0.377 e. The Kier molecular flexibility index (Phi) is 5.27. The second-order valence-electron chi connectivity index (χ2n) is 6.72. The zero-order valence-corrected chi connectivity index (χ0v) is 19.0. The number of morpholine rings is 1. The van der Waals surface area contributed by atoms with Gasteiger partial charge < -0.3 is 9.64 Å². The smallest absolute Gasteiger partial charge is 0.268 e. The minimum atomic E-state index is -3.82. The summed E-state index contributed by atoms with van der Waals surface area (Å²) in [7, 11) is -3.82. The third-order valence-corrected chi connectivity index (χ3v) is 7.37. The van der Waals surface area contributed by atoms with Crippen LogP contribution in [0.5, 0.6) is 0 Å². The molecule has 1 aromatic carbocycles. The van der Waals surface area contributed by atoms with Crippen LogP contribution in [-0.4, -0.2) is 48.2 Å². The second-order valence-corrected chi connectivity index (χ2v) is 10.0. The maximum atomic E-state index is 13.4. The van der Waals surface area contributed by atoms with Crippen molar-refractivity contribution in [2.45, 2.75) is 24.8 Å². The van der Waals surface area contributed by atoms with Crippen molar-refractivity contribution >= 4 is 61.1 Å². The predicted molar refractivity (Wildman–Crippen MR) is 117 cm³/mol. The number of aromatic nitrogens is 3. The van der Waals surface area contributed by atoms with E-state index in [1.165, 1.54) is 3.97 Å². The van der Waals surface area contributed by atoms with Gasteiger partial charge in [-0.05, 0) is 60.2 Å². The minimum absolute atomic E-state index is 0.0333. The molecule has 0 N–H and O–H groups in total. The highest BCUT2D eigenvalue weighted by atomic mass is 127. The van der Waals surface area contributed by atoms with Gasteiger partial charge in [-0.15, -0.1) is 0 Å². The van der Waals surface area contributed by atoms with Crippen molar-refractivity contribution in [2.24, 2.45) is 0 Å². The number of anilines is 1. The van der Waals surface area contributed by atoms with E-state index in [1.54, 1.807) is 30.5 Å². The van der Waals surface area contributed by atoms with E-state index in [-0.39, 0.29) is 16.2 Å². The highest BCUT2D eigenvalue weighted by Gasteiger charge is 2.29. The van der Waals surface area contributed by atoms with Crippen LogP contribution in [-0.2, 0) is 14.8 Å². The first-order valence-electron chi connectivity index (χ1n) is 8.70. The molecule has 0 radical (unpaired) electrons. The molecule has 7 nitrogen and oxygen atoms in total. The predicted octanol–water partition coefficient (Wildman–Crippen LogP) is 3.46. The maximum Gasteiger partial charge on any atom is 0.268 e. The number of benzene rings is 1. The standard InChI is InChI=1S/C18H18ClIN4O3S/c1-11-3-5-13(6-4-11)28(25,26)24-9-14(20)15-16(24)17(22-18(19)21-15)23-7-8-27-10-12(23)2/h3-6,9,12H,7-8,10H2,1-2H3/t12-/m1/s1. The highest BCUT2D eigenvalue weighted by Crippen LogP contribution is 2.34. The lowest BCUT2D eigenvalue weighted by molar-refractivity contribution is 0.0986. The first-order chi connectivity index (χ1) is 13.3. The fraction of sp³-hybridized carbons (Fsp3) is 0.333. The first kappa shape index (κ1) is 19.9. The lowest BCUT2D eigenvalue weighted by Gasteiger charge is -2.34. The molecular formula is C18H18ClIN4O3S. The summed E-state index contributed by atoms with van der Waals surface area (Å²) in [5.74, 6) is 0.504. The van der Waals surface area contributed by atoms with E-state index >= 15 is 0 Å². The molecule has 28 heavy (non-hydrogen) atoms. The maximum absolute atomic E-state index is 13.4. The van der Waals surface area contributed by atoms with Crippen LogP contribution in [0.3, 0.4) is 0 Å². The molecule has 3 aromatic rings. The summed E-state index contributed by atoms with van der Waals surface area (Å²) in [6.45, 7) is 5.59. The Morgan fingerprint density at radius 1 is 1.25 bits per heavy atom. The summed E-state index contributed by atoms with van der Waals surface area (Å²) in [6, 6.07) is 6.81. The Morgan fingerprint density at radius 3 is 2.64 bits per heavy atom. The van der Waals surface area contributed by atoms with Gasteiger partial charge in [-0.25, -0.2) is 17.4 Å². The highest BCUT2D eigenvalue weighted by molar-refractivity contribution is 14.1. The summed E-state index contributed by atoms with van der Waals surface area (Å²) in [5, 5.41) is 0.0876. The van der Waals surface area contributed by atoms with Crippen LogP contribution in [0.4, 0.5) is 5.82 Å². The van der Waals surface area contributed by atoms with Gasteiger partial charge in [0.1, 0.15) is 11.0 Å². The van der Waals surface area contributed by atoms with Crippen LogP contribution in [0.1, 0.15) is 12.5 Å². The van der Waals surface area contributed by atoms with Crippen molar-refractivity contribution < 1.29 is 13.2 Å². The Bertz CT molecular complexity index is 1150. The monoisotopic (exact) mass is 532 g/mol. The van der Waals surface area contributed by atoms with Crippen LogP contribution < -0.4 is 4.90 Å². The van der Waals surface area contributed by atoms with E-state index in [4.69, 9.17) is 16.3 Å². The SMILES string of the molecule is Cc1ccc(S(=O)(=O)n2cc(I)c3nc(Cl)nc(N4CCOC[C@H]4C)c32)cc1.